The number of allylic oxidation sites excluding steroid dienone is 2. The number of para-hydroxylation sites is 2. The van der Waals surface area contributed by atoms with E-state index in [9.17, 15) is 0 Å². The Bertz CT molecular complexity index is 3600. The van der Waals surface area contributed by atoms with E-state index in [-0.39, 0.29) is 49.5 Å². The molecule has 8 nitrogen and oxygen atoms in total. The molecule has 0 saturated heterocycles. The lowest BCUT2D eigenvalue weighted by Crippen LogP contribution is -2.28. The molecule has 6 heterocycles. The second-order valence-electron chi connectivity index (χ2n) is 19.7. The van der Waals surface area contributed by atoms with Gasteiger partial charge in [0.1, 0.15) is 23.7 Å². The summed E-state index contributed by atoms with van der Waals surface area (Å²) in [6.07, 6.45) is 8.26. The Kier molecular flexibility index (Phi) is 12.5. The van der Waals surface area contributed by atoms with E-state index >= 15 is 0 Å². The van der Waals surface area contributed by atoms with Gasteiger partial charge in [-0.15, -0.1) is 0 Å². The molecule has 0 bridgehead atoms. The van der Waals surface area contributed by atoms with E-state index in [1.165, 1.54) is 33.0 Å². The summed E-state index contributed by atoms with van der Waals surface area (Å²) in [6, 6.07) is 62.0. The minimum atomic E-state index is -0.251. The van der Waals surface area contributed by atoms with Gasteiger partial charge in [-0.25, -0.2) is 0 Å². The summed E-state index contributed by atoms with van der Waals surface area (Å²) in [5.74, 6) is 4.49. The number of benzene rings is 8. The van der Waals surface area contributed by atoms with Crippen molar-refractivity contribution in [2.24, 2.45) is 0 Å². The van der Waals surface area contributed by atoms with E-state index in [1.54, 1.807) is 0 Å². The largest absolute Gasteiger partial charge is 0.483 e. The number of hydrogen-bond donors (Lipinski definition) is 2. The monoisotopic (exact) mass is 1040 g/mol. The van der Waals surface area contributed by atoms with E-state index < -0.39 is 0 Å². The highest BCUT2D eigenvalue weighted by molar-refractivity contribution is 6.32. The van der Waals surface area contributed by atoms with Crippen LogP contribution in [0.15, 0.2) is 194 Å². The van der Waals surface area contributed by atoms with Crippen molar-refractivity contribution in [2.45, 2.75) is 49.7 Å². The van der Waals surface area contributed by atoms with Crippen molar-refractivity contribution in [3.63, 3.8) is 0 Å². The molecule has 2 aromatic heterocycles. The van der Waals surface area contributed by atoms with Crippen LogP contribution in [-0.4, -0.2) is 23.6 Å². The Hall–Kier alpha value is -8.30. The van der Waals surface area contributed by atoms with Gasteiger partial charge in [0.15, 0.2) is 23.0 Å². The molecule has 10 aromatic rings. The van der Waals surface area contributed by atoms with Crippen LogP contribution in [-0.2, 0) is 0 Å². The number of hydrogen-bond acceptors (Lipinski definition) is 6. The molecule has 0 fully saturated rings. The average molecular weight is 1040 g/mol. The first-order chi connectivity index (χ1) is 37.3. The molecule has 376 valence electrons. The molecular formula is C66H52Cl2N2O6. The maximum Gasteiger partial charge on any atom is 0.231 e. The quantitative estimate of drug-likeness (QED) is 0.158. The lowest BCUT2D eigenvalue weighted by molar-refractivity contribution is 0.138. The van der Waals surface area contributed by atoms with Gasteiger partial charge < -0.3 is 38.4 Å². The number of rotatable bonds is 8. The lowest BCUT2D eigenvalue weighted by atomic mass is 9.74. The normalized spacial score (nSPS) is 20.0. The van der Waals surface area contributed by atoms with Crippen molar-refractivity contribution in [3.05, 3.63) is 260 Å². The van der Waals surface area contributed by atoms with Crippen molar-refractivity contribution in [1.29, 1.82) is 0 Å². The highest BCUT2D eigenvalue weighted by atomic mass is 35.5. The summed E-state index contributed by atoms with van der Waals surface area (Å²) in [4.78, 5) is 7.39. The predicted octanol–water partition coefficient (Wildman–Crippen LogP) is 17.1. The van der Waals surface area contributed by atoms with Gasteiger partial charge >= 0.3 is 0 Å². The van der Waals surface area contributed by atoms with Crippen LogP contribution >= 0.6 is 23.2 Å². The molecule has 4 aliphatic heterocycles. The molecule has 0 radical (unpaired) electrons. The number of aromatic nitrogens is 2. The van der Waals surface area contributed by atoms with Gasteiger partial charge in [0, 0.05) is 78.8 Å². The summed E-state index contributed by atoms with van der Waals surface area (Å²) in [7, 11) is 0. The van der Waals surface area contributed by atoms with Crippen molar-refractivity contribution < 1.29 is 28.4 Å². The smallest absolute Gasteiger partial charge is 0.231 e. The number of fused-ring (bicyclic) bond motifs is 6. The first kappa shape index (κ1) is 47.4. The molecule has 0 amide bonds. The molecule has 2 N–H and O–H groups in total. The van der Waals surface area contributed by atoms with Crippen molar-refractivity contribution >= 4 is 57.2 Å². The molecule has 0 saturated carbocycles. The van der Waals surface area contributed by atoms with Gasteiger partial charge in [-0.2, -0.15) is 0 Å². The van der Waals surface area contributed by atoms with Crippen molar-refractivity contribution in [2.75, 3.05) is 13.6 Å². The number of H-pyrrole nitrogens is 2. The molecule has 76 heavy (non-hydrogen) atoms. The molecule has 0 spiro atoms. The highest BCUT2D eigenvalue weighted by Crippen LogP contribution is 2.57. The third-order valence-corrected chi connectivity index (χ3v) is 16.1. The van der Waals surface area contributed by atoms with E-state index in [0.29, 0.717) is 11.5 Å². The predicted molar refractivity (Wildman–Crippen MR) is 303 cm³/mol. The third-order valence-electron chi connectivity index (χ3n) is 15.4. The number of ether oxygens (including phenoxy) is 6. The zero-order valence-electron chi connectivity index (χ0n) is 41.7. The SMILES string of the molecule is Cc1c([C@@H]2Oc3cc4c(cc3[C@H](/C=C/c3ccccc3Cl)[C@H]2c2ccccc2)OCO4)[nH]c2ccccc12.Cc1c([C@@H]2Oc3cc4c(cc3[C@H](/C=C/c3ccccc3Cl)[C@H]2c2ccccc2)OCO4)[nH]c2ccccc12. The second-order valence-corrected chi connectivity index (χ2v) is 20.5. The summed E-state index contributed by atoms with van der Waals surface area (Å²) in [5.41, 5.74) is 13.3. The minimum absolute atomic E-state index is 0.00503. The lowest BCUT2D eigenvalue weighted by Gasteiger charge is -2.39. The Balaban J connectivity index is 0.000000146. The van der Waals surface area contributed by atoms with Crippen molar-refractivity contribution in [3.8, 4) is 34.5 Å². The number of halogens is 2. The molecule has 0 aliphatic carbocycles. The zero-order chi connectivity index (χ0) is 51.3. The Morgan fingerprint density at radius 3 is 1.20 bits per heavy atom. The first-order valence-electron chi connectivity index (χ1n) is 25.6. The third kappa shape index (κ3) is 8.71. The molecule has 14 rings (SSSR count). The summed E-state index contributed by atoms with van der Waals surface area (Å²) >= 11 is 13.1. The van der Waals surface area contributed by atoms with E-state index in [4.69, 9.17) is 51.6 Å². The van der Waals surface area contributed by atoms with Crippen molar-refractivity contribution in [1.82, 2.24) is 9.97 Å². The average Bonchev–Trinajstić information content (AvgIpc) is 4.35. The van der Waals surface area contributed by atoms with Crippen LogP contribution in [0.25, 0.3) is 34.0 Å². The fourth-order valence-electron chi connectivity index (χ4n) is 11.6. The van der Waals surface area contributed by atoms with E-state index in [0.717, 1.165) is 77.7 Å². The first-order valence-corrected chi connectivity index (χ1v) is 26.4. The Morgan fingerprint density at radius 1 is 0.421 bits per heavy atom. The maximum atomic E-state index is 6.90. The zero-order valence-corrected chi connectivity index (χ0v) is 43.2. The van der Waals surface area contributed by atoms with Crippen LogP contribution in [0.2, 0.25) is 10.0 Å². The van der Waals surface area contributed by atoms with Gasteiger partial charge in [-0.05, 0) is 83.6 Å². The topological polar surface area (TPSA) is 87.0 Å². The second kappa shape index (κ2) is 20.1. The van der Waals surface area contributed by atoms with Gasteiger partial charge in [-0.1, -0.05) is 181 Å². The van der Waals surface area contributed by atoms with E-state index in [2.05, 4.69) is 169 Å². The molecule has 10 heteroatoms. The minimum Gasteiger partial charge on any atom is -0.483 e. The summed E-state index contributed by atoms with van der Waals surface area (Å²) < 4.78 is 36.8. The highest BCUT2D eigenvalue weighted by Gasteiger charge is 2.44. The van der Waals surface area contributed by atoms with Crippen LogP contribution in [0, 0.1) is 13.8 Å². The molecule has 4 aliphatic rings. The molecular weight excluding hydrogens is 988 g/mol. The molecule has 8 aromatic carbocycles. The fourth-order valence-corrected chi connectivity index (χ4v) is 12.0. The molecule has 6 atom stereocenters. The van der Waals surface area contributed by atoms with Gasteiger partial charge in [0.2, 0.25) is 13.6 Å². The van der Waals surface area contributed by atoms with Crippen LogP contribution in [0.3, 0.4) is 0 Å². The molecule has 0 unspecified atom stereocenters. The van der Waals surface area contributed by atoms with Crippen LogP contribution < -0.4 is 28.4 Å². The van der Waals surface area contributed by atoms with Gasteiger partial charge in [0.05, 0.1) is 11.4 Å². The van der Waals surface area contributed by atoms with Crippen LogP contribution in [0.5, 0.6) is 34.5 Å². The summed E-state index contributed by atoms with van der Waals surface area (Å²) in [6.45, 7) is 4.77. The van der Waals surface area contributed by atoms with Gasteiger partial charge in [-0.3, -0.25) is 0 Å². The Morgan fingerprint density at radius 2 is 0.789 bits per heavy atom. The Labute approximate surface area is 451 Å². The number of aromatic amines is 2. The van der Waals surface area contributed by atoms with Crippen LogP contribution in [0.1, 0.15) is 91.8 Å². The van der Waals surface area contributed by atoms with Gasteiger partial charge in [0.25, 0.3) is 0 Å². The fraction of sp³-hybridized carbons (Fsp3) is 0.152. The standard InChI is InChI=1S/2C33H26ClNO3/c2*1-20-23-12-6-8-14-27(23)35-32(20)33-31(22-10-3-2-4-11-22)24(16-15-21-9-5-7-13-26(21)34)25-17-29-30(37-19-36-29)18-28(25)38-33/h2*2-18,24,31,33,35H,19H2,1H3/b2*16-15+/t2*24-,31+,33+/m00/s1. The summed E-state index contributed by atoms with van der Waals surface area (Å²) in [5, 5.41) is 3.86. The van der Waals surface area contributed by atoms with Crippen LogP contribution in [0.4, 0.5) is 0 Å². The van der Waals surface area contributed by atoms with E-state index in [1.807, 2.05) is 60.7 Å². The number of aryl methyl sites for hydroxylation is 2. The number of nitrogens with one attached hydrogen (secondary N) is 2. The maximum absolute atomic E-state index is 6.90.